The van der Waals surface area contributed by atoms with Crippen molar-refractivity contribution in [3.8, 4) is 5.75 Å². The smallest absolute Gasteiger partial charge is 0.340 e. The number of rotatable bonds is 6. The van der Waals surface area contributed by atoms with E-state index in [0.29, 0.717) is 6.42 Å². The Bertz CT molecular complexity index is 900. The third kappa shape index (κ3) is 3.75. The minimum Gasteiger partial charge on any atom is -0.489 e. The number of carboxylic acids is 1. The maximum atomic E-state index is 14.1. The predicted molar refractivity (Wildman–Crippen MR) is 92.3 cm³/mol. The second-order valence-corrected chi connectivity index (χ2v) is 5.70. The molecule has 0 aliphatic heterocycles. The molecule has 25 heavy (non-hydrogen) atoms. The van der Waals surface area contributed by atoms with E-state index in [0.717, 1.165) is 5.56 Å². The van der Waals surface area contributed by atoms with Crippen molar-refractivity contribution in [3.05, 3.63) is 71.7 Å². The molecule has 5 nitrogen and oxygen atoms in total. The molecule has 0 saturated carbocycles. The number of carboxylic acid groups (broad SMARTS) is 1. The monoisotopic (exact) mass is 340 g/mol. The first-order valence-electron chi connectivity index (χ1n) is 7.79. The third-order valence-electron chi connectivity index (χ3n) is 3.82. The topological polar surface area (TPSA) is 85.4 Å². The highest BCUT2D eigenvalue weighted by Crippen LogP contribution is 2.28. The van der Waals surface area contributed by atoms with E-state index < -0.39 is 11.8 Å². The van der Waals surface area contributed by atoms with E-state index in [9.17, 15) is 14.3 Å². The normalized spacial score (nSPS) is 12.1. The van der Waals surface area contributed by atoms with Crippen LogP contribution in [0, 0.1) is 5.82 Å². The van der Waals surface area contributed by atoms with Gasteiger partial charge < -0.3 is 15.6 Å². The van der Waals surface area contributed by atoms with Crippen LogP contribution < -0.4 is 10.5 Å². The van der Waals surface area contributed by atoms with Gasteiger partial charge in [-0.2, -0.15) is 0 Å². The van der Waals surface area contributed by atoms with Crippen molar-refractivity contribution in [2.24, 2.45) is 5.73 Å². The molecule has 2 aromatic carbocycles. The lowest BCUT2D eigenvalue weighted by Crippen LogP contribution is -2.30. The van der Waals surface area contributed by atoms with Gasteiger partial charge in [0.1, 0.15) is 18.0 Å². The first-order valence-corrected chi connectivity index (χ1v) is 7.79. The number of halogens is 1. The highest BCUT2D eigenvalue weighted by Gasteiger charge is 2.20. The van der Waals surface area contributed by atoms with Crippen molar-refractivity contribution in [2.45, 2.75) is 12.5 Å². The second-order valence-electron chi connectivity index (χ2n) is 5.70. The number of nitrogens with two attached hydrogens (primary N) is 1. The zero-order chi connectivity index (χ0) is 17.8. The lowest BCUT2D eigenvalue weighted by molar-refractivity contribution is 0.0693. The van der Waals surface area contributed by atoms with Crippen LogP contribution >= 0.6 is 0 Å². The Labute approximate surface area is 143 Å². The fourth-order valence-corrected chi connectivity index (χ4v) is 2.68. The zero-order valence-electron chi connectivity index (χ0n) is 13.4. The number of ether oxygens (including phenoxy) is 1. The Hall–Kier alpha value is -2.99. The van der Waals surface area contributed by atoms with Crippen LogP contribution in [0.2, 0.25) is 0 Å². The summed E-state index contributed by atoms with van der Waals surface area (Å²) in [6.07, 6.45) is 1.87. The highest BCUT2D eigenvalue weighted by atomic mass is 19.1. The summed E-state index contributed by atoms with van der Waals surface area (Å²) in [6, 6.07) is 13.6. The number of aromatic nitrogens is 1. The Morgan fingerprint density at radius 1 is 1.20 bits per heavy atom. The molecule has 0 saturated heterocycles. The molecule has 0 fully saturated rings. The summed E-state index contributed by atoms with van der Waals surface area (Å²) in [5.74, 6) is -1.92. The number of aromatic carboxylic acids is 1. The molecule has 0 aliphatic rings. The lowest BCUT2D eigenvalue weighted by atomic mass is 10.1. The van der Waals surface area contributed by atoms with Gasteiger partial charge in [0.05, 0.1) is 17.1 Å². The SMILES string of the molecule is NC(COc1cnc2cccc(F)c2c1C(=O)O)Cc1ccccc1. The summed E-state index contributed by atoms with van der Waals surface area (Å²) in [6.45, 7) is 0.0941. The van der Waals surface area contributed by atoms with E-state index in [4.69, 9.17) is 10.5 Å². The summed E-state index contributed by atoms with van der Waals surface area (Å²) in [5, 5.41) is 9.42. The molecular formula is C19H17FN2O3. The predicted octanol–water partition coefficient (Wildman–Crippen LogP) is 3.02. The van der Waals surface area contributed by atoms with Crippen molar-refractivity contribution in [1.82, 2.24) is 4.98 Å². The van der Waals surface area contributed by atoms with E-state index in [-0.39, 0.29) is 34.9 Å². The van der Waals surface area contributed by atoms with Crippen LogP contribution in [0.1, 0.15) is 15.9 Å². The van der Waals surface area contributed by atoms with E-state index in [2.05, 4.69) is 4.98 Å². The van der Waals surface area contributed by atoms with Crippen LogP contribution in [0.5, 0.6) is 5.75 Å². The van der Waals surface area contributed by atoms with Crippen LogP contribution in [-0.2, 0) is 6.42 Å². The van der Waals surface area contributed by atoms with Crippen molar-refractivity contribution < 1.29 is 19.0 Å². The quantitative estimate of drug-likeness (QED) is 0.720. The summed E-state index contributed by atoms with van der Waals surface area (Å²) in [5.41, 5.74) is 7.13. The molecule has 1 atom stereocenters. The molecule has 3 rings (SSSR count). The van der Waals surface area contributed by atoms with Gasteiger partial charge in [-0.15, -0.1) is 0 Å². The maximum Gasteiger partial charge on any atom is 0.340 e. The summed E-state index contributed by atoms with van der Waals surface area (Å²) < 4.78 is 19.7. The second kappa shape index (κ2) is 7.27. The molecule has 6 heteroatoms. The molecule has 0 spiro atoms. The maximum absolute atomic E-state index is 14.1. The van der Waals surface area contributed by atoms with Crippen LogP contribution in [-0.4, -0.2) is 28.7 Å². The summed E-state index contributed by atoms with van der Waals surface area (Å²) in [7, 11) is 0. The molecular weight excluding hydrogens is 323 g/mol. The molecule has 0 radical (unpaired) electrons. The van der Waals surface area contributed by atoms with Gasteiger partial charge >= 0.3 is 5.97 Å². The Morgan fingerprint density at radius 2 is 1.96 bits per heavy atom. The Morgan fingerprint density at radius 3 is 2.68 bits per heavy atom. The number of nitrogens with zero attached hydrogens (tertiary/aromatic N) is 1. The van der Waals surface area contributed by atoms with Crippen molar-refractivity contribution in [2.75, 3.05) is 6.61 Å². The standard InChI is InChI=1S/C19H17FN2O3/c20-14-7-4-8-15-17(14)18(19(23)24)16(10-22-15)25-11-13(21)9-12-5-2-1-3-6-12/h1-8,10,13H,9,11,21H2,(H,23,24). The van der Waals surface area contributed by atoms with Gasteiger partial charge in [0, 0.05) is 6.04 Å². The third-order valence-corrected chi connectivity index (χ3v) is 3.82. The van der Waals surface area contributed by atoms with Gasteiger partial charge in [0.25, 0.3) is 0 Å². The Balaban J connectivity index is 1.82. The molecule has 1 aromatic heterocycles. The number of hydrogen-bond donors (Lipinski definition) is 2. The first-order chi connectivity index (χ1) is 12.1. The number of hydrogen-bond acceptors (Lipinski definition) is 4. The van der Waals surface area contributed by atoms with Gasteiger partial charge in [0.15, 0.2) is 5.75 Å². The largest absolute Gasteiger partial charge is 0.489 e. The number of fused-ring (bicyclic) bond motifs is 1. The van der Waals surface area contributed by atoms with E-state index in [1.807, 2.05) is 30.3 Å². The van der Waals surface area contributed by atoms with E-state index in [1.165, 1.54) is 18.3 Å². The lowest BCUT2D eigenvalue weighted by Gasteiger charge is -2.15. The zero-order valence-corrected chi connectivity index (χ0v) is 13.4. The molecule has 0 aliphatic carbocycles. The van der Waals surface area contributed by atoms with Crippen molar-refractivity contribution >= 4 is 16.9 Å². The highest BCUT2D eigenvalue weighted by molar-refractivity contribution is 6.05. The fourth-order valence-electron chi connectivity index (χ4n) is 2.68. The van der Waals surface area contributed by atoms with Gasteiger partial charge in [-0.05, 0) is 24.1 Å². The van der Waals surface area contributed by atoms with Gasteiger partial charge in [-0.25, -0.2) is 9.18 Å². The summed E-state index contributed by atoms with van der Waals surface area (Å²) >= 11 is 0. The average Bonchev–Trinajstić information content (AvgIpc) is 2.60. The molecule has 1 unspecified atom stereocenters. The van der Waals surface area contributed by atoms with Crippen LogP contribution in [0.4, 0.5) is 4.39 Å². The van der Waals surface area contributed by atoms with E-state index in [1.54, 1.807) is 6.07 Å². The van der Waals surface area contributed by atoms with Gasteiger partial charge in [0.2, 0.25) is 0 Å². The van der Waals surface area contributed by atoms with Crippen LogP contribution in [0.15, 0.2) is 54.7 Å². The molecule has 1 heterocycles. The van der Waals surface area contributed by atoms with Crippen molar-refractivity contribution in [1.29, 1.82) is 0 Å². The van der Waals surface area contributed by atoms with Crippen LogP contribution in [0.25, 0.3) is 10.9 Å². The first kappa shape index (κ1) is 16.9. The number of carbonyl (C=O) groups is 1. The summed E-state index contributed by atoms with van der Waals surface area (Å²) in [4.78, 5) is 15.7. The molecule has 3 aromatic rings. The molecule has 0 bridgehead atoms. The van der Waals surface area contributed by atoms with Crippen LogP contribution in [0.3, 0.4) is 0 Å². The van der Waals surface area contributed by atoms with Gasteiger partial charge in [-0.1, -0.05) is 36.4 Å². The minimum atomic E-state index is -1.27. The fraction of sp³-hybridized carbons (Fsp3) is 0.158. The Kier molecular flexibility index (Phi) is 4.90. The number of pyridine rings is 1. The van der Waals surface area contributed by atoms with Crippen molar-refractivity contribution in [3.63, 3.8) is 0 Å². The molecule has 128 valence electrons. The number of benzene rings is 2. The molecule has 0 amide bonds. The average molecular weight is 340 g/mol. The molecule has 3 N–H and O–H groups in total. The minimum absolute atomic E-state index is 0.00797. The van der Waals surface area contributed by atoms with Gasteiger partial charge in [-0.3, -0.25) is 4.98 Å². The van der Waals surface area contributed by atoms with E-state index >= 15 is 0 Å².